The van der Waals surface area contributed by atoms with Gasteiger partial charge in [-0.3, -0.25) is 18.9 Å². The van der Waals surface area contributed by atoms with E-state index in [2.05, 4.69) is 184 Å². The summed E-state index contributed by atoms with van der Waals surface area (Å²) in [6.45, 7) is 8.98. The van der Waals surface area contributed by atoms with Crippen LogP contribution < -0.4 is 31.9 Å². The van der Waals surface area contributed by atoms with Gasteiger partial charge in [0.05, 0.1) is 52.2 Å². The van der Waals surface area contributed by atoms with Crippen molar-refractivity contribution in [1.29, 1.82) is 5.26 Å². The van der Waals surface area contributed by atoms with Crippen LogP contribution in [0.2, 0.25) is 0 Å². The third-order valence-electron chi connectivity index (χ3n) is 17.1. The number of carbonyl (C=O) groups excluding carboxylic acids is 9. The van der Waals surface area contributed by atoms with Gasteiger partial charge in [-0.15, -0.1) is 13.7 Å². The summed E-state index contributed by atoms with van der Waals surface area (Å²) in [7, 11) is 0. The van der Waals surface area contributed by atoms with Gasteiger partial charge in [0, 0.05) is 36.8 Å². The van der Waals surface area contributed by atoms with Crippen LogP contribution in [0.5, 0.6) is 0 Å². The fraction of sp³-hybridized carbons (Fsp3) is 0.827. The summed E-state index contributed by atoms with van der Waals surface area (Å²) < 4.78 is 384. The van der Waals surface area contributed by atoms with Gasteiger partial charge in [-0.1, -0.05) is 75.5 Å². The molecule has 69 heteroatoms. The van der Waals surface area contributed by atoms with Gasteiger partial charge < -0.3 is 104 Å². The summed E-state index contributed by atoms with van der Waals surface area (Å²) >= 11 is 0. The Bertz CT molecular complexity index is 3610. The SMILES string of the molecule is C=C(C)C(=O)OCCNC(=O)OCCF.C=C(C)C(=O)OCCNC(=O)OCF.CC1(C)CC(N=C=O)CC(C)(CNC(=O)OCF)C1.CC1(C)CC(NC(=O)OCF)CC(C)(CNC(=O)OCCF)C1.CC1(C)CC(OC#N)CC(C)(CNC(=O)OCCF)C1.FCOC(F)(F)COF.FCOC(F)(F)COF.FCOC(F)(F)COF.FCOC(F)(F)OC(F)(F)C(F)(F)OF.OCC(O)COCCF.OCC(O)COCF. The number of amides is 6. The molecule has 0 aromatic carbocycles. The molecule has 41 nitrogen and oxygen atoms in total. The molecular formula is C81H130F28N8O33. The first-order valence-electron chi connectivity index (χ1n) is 42.7. The van der Waals surface area contributed by atoms with Crippen molar-refractivity contribution in [2.75, 3.05) is 200 Å². The van der Waals surface area contributed by atoms with Gasteiger partial charge in [-0.2, -0.15) is 64.0 Å². The van der Waals surface area contributed by atoms with Gasteiger partial charge in [0.1, 0.15) is 78.0 Å². The first kappa shape index (κ1) is 155. The number of alkyl carbamates (subject to hydrolysis) is 6. The van der Waals surface area contributed by atoms with Crippen LogP contribution in [0.4, 0.5) is 152 Å². The minimum Gasteiger partial charge on any atom is -0.460 e. The van der Waals surface area contributed by atoms with Gasteiger partial charge >= 0.3 is 85.3 Å². The van der Waals surface area contributed by atoms with Crippen LogP contribution in [0, 0.1) is 44.0 Å². The maximum atomic E-state index is 12.0. The molecule has 3 saturated carbocycles. The molecule has 3 aliphatic carbocycles. The smallest absolute Gasteiger partial charge is 0.460 e. The maximum absolute atomic E-state index is 12.0. The number of isocyanates is 1. The number of alkyl halides is 24. The normalized spacial score (nSPS) is 18.4. The van der Waals surface area contributed by atoms with Crippen molar-refractivity contribution in [3.05, 3.63) is 24.3 Å². The number of nitrogens with zero attached hydrogens (tertiary/aromatic N) is 2. The minimum atomic E-state index is -6.04. The molecule has 150 heavy (non-hydrogen) atoms. The van der Waals surface area contributed by atoms with Crippen molar-refractivity contribution in [1.82, 2.24) is 31.9 Å². The molecule has 888 valence electrons. The third-order valence-corrected chi connectivity index (χ3v) is 17.1. The number of carbonyl (C=O) groups is 8. The van der Waals surface area contributed by atoms with Crippen LogP contribution in [0.3, 0.4) is 0 Å². The summed E-state index contributed by atoms with van der Waals surface area (Å²) in [6.07, 6.45) is -25.0. The average molecular weight is 2280 g/mol. The highest BCUT2D eigenvalue weighted by Crippen LogP contribution is 2.49. The topological polar surface area (TPSA) is 527 Å². The predicted octanol–water partition coefficient (Wildman–Crippen LogP) is 15.3. The number of aliphatic hydroxyl groups excluding tert-OH is 4. The molecule has 10 N–H and O–H groups in total. The molecule has 3 fully saturated rings. The Labute approximate surface area is 841 Å². The molecule has 0 bridgehead atoms. The number of aliphatic hydroxyl groups is 4. The highest BCUT2D eigenvalue weighted by Gasteiger charge is 2.66. The maximum Gasteiger partial charge on any atom is 0.492 e. The summed E-state index contributed by atoms with van der Waals surface area (Å²) in [5.74, 6) is -1.06. The molecule has 8 atom stereocenters. The Morgan fingerprint density at radius 1 is 0.413 bits per heavy atom. The number of nitriles is 1. The zero-order chi connectivity index (χ0) is 118. The number of hydrogen-bond donors (Lipinski definition) is 10. The van der Waals surface area contributed by atoms with Crippen LogP contribution in [0.25, 0.3) is 0 Å². The number of esters is 2. The molecule has 3 rings (SSSR count). The number of nitrogens with one attached hydrogen (secondary N) is 6. The van der Waals surface area contributed by atoms with Crippen LogP contribution in [-0.2, 0) is 110 Å². The second-order valence-corrected chi connectivity index (χ2v) is 33.3. The zero-order valence-electron chi connectivity index (χ0n) is 83.0. The van der Waals surface area contributed by atoms with Gasteiger partial charge in [0.15, 0.2) is 54.1 Å². The fourth-order valence-electron chi connectivity index (χ4n) is 12.7. The van der Waals surface area contributed by atoms with E-state index in [0.717, 1.165) is 38.5 Å². The Kier molecular flexibility index (Phi) is 89.7. The van der Waals surface area contributed by atoms with Crippen LogP contribution in [0.1, 0.15) is 134 Å². The van der Waals surface area contributed by atoms with Crippen LogP contribution in [0.15, 0.2) is 29.3 Å². The van der Waals surface area contributed by atoms with Gasteiger partial charge in [-0.25, -0.2) is 106 Å². The lowest BCUT2D eigenvalue weighted by Gasteiger charge is -2.46. The van der Waals surface area contributed by atoms with Crippen molar-refractivity contribution in [3.8, 4) is 6.26 Å². The zero-order valence-corrected chi connectivity index (χ0v) is 83.0. The minimum absolute atomic E-state index is 0.000417. The summed E-state index contributed by atoms with van der Waals surface area (Å²) in [5, 5.41) is 57.0. The molecule has 0 aromatic rings. The average Bonchev–Trinajstić information content (AvgIpc) is 0.816. The Morgan fingerprint density at radius 3 is 1.07 bits per heavy atom. The van der Waals surface area contributed by atoms with E-state index in [1.165, 1.54) is 18.8 Å². The van der Waals surface area contributed by atoms with E-state index >= 15 is 0 Å². The van der Waals surface area contributed by atoms with E-state index in [-0.39, 0.29) is 141 Å². The monoisotopic (exact) mass is 2270 g/mol. The molecule has 0 spiro atoms. The molecule has 6 amide bonds. The number of ether oxygens (including phenoxy) is 16. The molecule has 3 aliphatic rings. The summed E-state index contributed by atoms with van der Waals surface area (Å²) in [4.78, 5) is 111. The number of aliphatic imine (C=N–C) groups is 1. The lowest BCUT2D eigenvalue weighted by Crippen LogP contribution is -2.50. The van der Waals surface area contributed by atoms with E-state index < -0.39 is 199 Å². The number of hydrogen-bond acceptors (Lipinski definition) is 35. The Balaban J connectivity index is -0.000000251. The van der Waals surface area contributed by atoms with Gasteiger partial charge in [0.25, 0.3) is 6.26 Å². The second-order valence-electron chi connectivity index (χ2n) is 33.3. The first-order chi connectivity index (χ1) is 69.5. The molecule has 0 aromatic heterocycles. The Hall–Kier alpha value is -9.85. The van der Waals surface area contributed by atoms with Crippen molar-refractivity contribution >= 4 is 54.6 Å². The van der Waals surface area contributed by atoms with E-state index in [1.807, 2.05) is 13.8 Å². The lowest BCUT2D eigenvalue weighted by atomic mass is 9.62. The highest BCUT2D eigenvalue weighted by molar-refractivity contribution is 5.87. The Morgan fingerprint density at radius 2 is 0.747 bits per heavy atom. The number of halogens is 28. The van der Waals surface area contributed by atoms with Crippen molar-refractivity contribution in [3.63, 3.8) is 0 Å². The summed E-state index contributed by atoms with van der Waals surface area (Å²) in [5.41, 5.74) is -0.0654. The van der Waals surface area contributed by atoms with E-state index in [0.29, 0.717) is 38.9 Å². The lowest BCUT2D eigenvalue weighted by molar-refractivity contribution is -0.548. The molecule has 0 aliphatic heterocycles. The molecule has 8 unspecified atom stereocenters. The van der Waals surface area contributed by atoms with Gasteiger partial charge in [0.2, 0.25) is 26.7 Å². The molecule has 0 radical (unpaired) electrons. The van der Waals surface area contributed by atoms with E-state index in [4.69, 9.17) is 30.4 Å². The number of rotatable bonds is 53. The fourth-order valence-corrected chi connectivity index (χ4v) is 12.7. The second kappa shape index (κ2) is 86.6. The van der Waals surface area contributed by atoms with E-state index in [1.54, 1.807) is 12.3 Å². The van der Waals surface area contributed by atoms with E-state index in [9.17, 15) is 167 Å². The quantitative estimate of drug-likeness (QED) is 0.00311. The highest BCUT2D eigenvalue weighted by atomic mass is 19.4. The molecule has 0 heterocycles. The van der Waals surface area contributed by atoms with Gasteiger partial charge in [-0.05, 0) is 122 Å². The first-order valence-corrected chi connectivity index (χ1v) is 42.7. The summed E-state index contributed by atoms with van der Waals surface area (Å²) in [6, 6.07) is -0.253. The van der Waals surface area contributed by atoms with Crippen molar-refractivity contribution in [2.45, 2.75) is 201 Å². The van der Waals surface area contributed by atoms with Crippen LogP contribution in [-0.4, -0.2) is 342 Å². The van der Waals surface area contributed by atoms with Crippen LogP contribution >= 0.6 is 0 Å². The largest absolute Gasteiger partial charge is 0.492 e. The molecular weight excluding hydrogens is 2140 g/mol. The molecule has 0 saturated heterocycles. The third kappa shape index (κ3) is 91.9. The standard InChI is InChI=1S/C15H26F2N2O4.C14H23FN2O3.C13H21FN2O3.C9H14FNO4.C8H12FNO4.C5H11FO3.C4H2F8O3.C4H9FO3.3C3H4F4O2/c1-14(2)6-11(19-13(21)23-10-17)7-15(3,8-14)9-18-12(20)22-5-4-16;1-13(2)6-11(20-10-16)7-14(3,8-13)9-17-12(18)19-5-4-15;1-12(2)4-10(16-9-17)5-13(3,6-12)7-15-11(18)19-8-14;1-7(2)8(12)14-6-4-11-9(13)15-5-3-10;1-6(2)7(11)13-4-3-10-8(12)14-5-9;6-1-2-9-4-5(8)3-7;5-1-13-4(10,11)14-2(6,7)3(8,9)15-12;5-3-8-2-4(7)1-6;3*4-2-8-3(5,6)1-9-7/h11H,4-10H2,1-3H3,(H,18,20)(H,19,21);11H,4-9H2,1-3H3,(H,17,18);10H,4-8H2,1-3H3,(H,15,18);1,3-6H2,2H3,(H,11,13);1,3-5H2,2H3,(H,10,12);5,7-8H,1-4H2;1H2;4,6-7H,1-3H2;3*1-2H2. The predicted molar refractivity (Wildman–Crippen MR) is 455 cm³/mol. The van der Waals surface area contributed by atoms with Crippen molar-refractivity contribution in [2.24, 2.45) is 37.5 Å². The van der Waals surface area contributed by atoms with Crippen molar-refractivity contribution < 1.29 is 283 Å².